The van der Waals surface area contributed by atoms with E-state index in [1.807, 2.05) is 51.1 Å². The smallest absolute Gasteiger partial charge is 0.494 e. The number of para-hydroxylation sites is 2. The molecule has 0 aromatic heterocycles. The van der Waals surface area contributed by atoms with Crippen LogP contribution in [0.25, 0.3) is 0 Å². The number of hydrogen-bond donors (Lipinski definition) is 1. The molecule has 0 aliphatic carbocycles. The lowest BCUT2D eigenvalue weighted by molar-refractivity contribution is -0.275. The highest BCUT2D eigenvalue weighted by atomic mass is 19.4. The minimum Gasteiger partial charge on any atom is -0.494 e. The second kappa shape index (κ2) is 8.47. The average molecular weight is 498 g/mol. The van der Waals surface area contributed by atoms with Crippen molar-refractivity contribution >= 4 is 11.6 Å². The quantitative estimate of drug-likeness (QED) is 0.453. The van der Waals surface area contributed by atoms with E-state index >= 15 is 0 Å². The Morgan fingerprint density at radius 2 is 1.72 bits per heavy atom. The van der Waals surface area contributed by atoms with Crippen LogP contribution in [0.5, 0.6) is 17.2 Å². The van der Waals surface area contributed by atoms with E-state index in [0.717, 1.165) is 5.56 Å². The van der Waals surface area contributed by atoms with E-state index in [1.54, 1.807) is 24.3 Å². The van der Waals surface area contributed by atoms with Crippen LogP contribution in [0, 0.1) is 5.92 Å². The fourth-order valence-electron chi connectivity index (χ4n) is 5.64. The average Bonchev–Trinajstić information content (AvgIpc) is 3.09. The van der Waals surface area contributed by atoms with Gasteiger partial charge in [0.15, 0.2) is 0 Å². The molecule has 1 amide bonds. The SMILES string of the molecule is CCOc1ccc2c(c1)OC(C)(C)C(Cc1ccccc1OC(F)(F)F)C21C(=O)Nc2ccccc21. The third-order valence-corrected chi connectivity index (χ3v) is 7.00. The lowest BCUT2D eigenvalue weighted by Crippen LogP contribution is -2.58. The first-order valence-corrected chi connectivity index (χ1v) is 11.8. The van der Waals surface area contributed by atoms with Gasteiger partial charge in [-0.2, -0.15) is 0 Å². The molecule has 2 unspecified atom stereocenters. The molecule has 2 heterocycles. The molecule has 0 saturated carbocycles. The van der Waals surface area contributed by atoms with Gasteiger partial charge < -0.3 is 19.5 Å². The summed E-state index contributed by atoms with van der Waals surface area (Å²) in [4.78, 5) is 14.0. The first kappa shape index (κ1) is 24.0. The first-order valence-electron chi connectivity index (χ1n) is 11.8. The molecule has 8 heteroatoms. The Kier molecular flexibility index (Phi) is 5.65. The number of anilines is 1. The highest BCUT2D eigenvalue weighted by molar-refractivity contribution is 6.09. The van der Waals surface area contributed by atoms with E-state index in [1.165, 1.54) is 12.1 Å². The fourth-order valence-corrected chi connectivity index (χ4v) is 5.64. The molecule has 0 fully saturated rings. The lowest BCUT2D eigenvalue weighted by Gasteiger charge is -2.50. The second-order valence-electron chi connectivity index (χ2n) is 9.52. The number of fused-ring (bicyclic) bond motifs is 4. The number of carbonyl (C=O) groups excluding carboxylic acids is 1. The van der Waals surface area contributed by atoms with Crippen molar-refractivity contribution in [3.8, 4) is 17.2 Å². The van der Waals surface area contributed by atoms with Gasteiger partial charge in [0.2, 0.25) is 5.91 Å². The molecule has 2 aliphatic heterocycles. The molecule has 0 radical (unpaired) electrons. The number of ether oxygens (including phenoxy) is 3. The maximum Gasteiger partial charge on any atom is 0.573 e. The van der Waals surface area contributed by atoms with Gasteiger partial charge in [0, 0.05) is 23.2 Å². The standard InChI is InChI=1S/C28H26F3NO4/c1-4-34-18-13-14-20-23(16-18)35-26(2,3)24(15-17-9-5-8-12-22(17)36-28(29,30)31)27(20)19-10-6-7-11-21(19)32-25(27)33/h5-14,16,24H,4,15H2,1-3H3,(H,32,33). The van der Waals surface area contributed by atoms with Crippen LogP contribution in [0.4, 0.5) is 18.9 Å². The highest BCUT2D eigenvalue weighted by Gasteiger charge is 2.62. The van der Waals surface area contributed by atoms with Crippen molar-refractivity contribution in [3.05, 3.63) is 83.4 Å². The Labute approximate surface area is 207 Å². The van der Waals surface area contributed by atoms with Crippen LogP contribution in [0.1, 0.15) is 37.5 Å². The number of hydrogen-bond acceptors (Lipinski definition) is 4. The van der Waals surface area contributed by atoms with Gasteiger partial charge in [-0.25, -0.2) is 0 Å². The van der Waals surface area contributed by atoms with E-state index in [2.05, 4.69) is 10.1 Å². The van der Waals surface area contributed by atoms with E-state index < -0.39 is 23.3 Å². The molecule has 36 heavy (non-hydrogen) atoms. The Hall–Kier alpha value is -3.68. The monoisotopic (exact) mass is 497 g/mol. The number of amides is 1. The predicted molar refractivity (Wildman–Crippen MR) is 128 cm³/mol. The van der Waals surface area contributed by atoms with Gasteiger partial charge in [-0.3, -0.25) is 4.79 Å². The number of rotatable bonds is 5. The molecular weight excluding hydrogens is 471 g/mol. The normalized spacial score (nSPS) is 21.8. The summed E-state index contributed by atoms with van der Waals surface area (Å²) in [6.07, 6.45) is -4.74. The number of nitrogens with one attached hydrogen (secondary N) is 1. The summed E-state index contributed by atoms with van der Waals surface area (Å²) >= 11 is 0. The van der Waals surface area contributed by atoms with Crippen LogP contribution in [-0.2, 0) is 16.6 Å². The maximum atomic E-state index is 14.0. The molecule has 3 aromatic carbocycles. The third kappa shape index (κ3) is 3.85. The highest BCUT2D eigenvalue weighted by Crippen LogP contribution is 2.58. The van der Waals surface area contributed by atoms with Crippen LogP contribution in [0.15, 0.2) is 66.7 Å². The molecule has 5 rings (SSSR count). The van der Waals surface area contributed by atoms with Crippen molar-refractivity contribution < 1.29 is 32.2 Å². The van der Waals surface area contributed by atoms with Crippen molar-refractivity contribution in [3.63, 3.8) is 0 Å². The summed E-state index contributed by atoms with van der Waals surface area (Å²) in [5, 5.41) is 3.01. The van der Waals surface area contributed by atoms with Crippen molar-refractivity contribution in [2.45, 2.75) is 44.6 Å². The van der Waals surface area contributed by atoms with Crippen molar-refractivity contribution in [1.82, 2.24) is 0 Å². The zero-order chi connectivity index (χ0) is 25.7. The molecule has 1 spiro atoms. The molecule has 5 nitrogen and oxygen atoms in total. The van der Waals surface area contributed by atoms with Crippen LogP contribution in [0.3, 0.4) is 0 Å². The summed E-state index contributed by atoms with van der Waals surface area (Å²) in [6.45, 7) is 6.06. The summed E-state index contributed by atoms with van der Waals surface area (Å²) < 4.78 is 56.0. The van der Waals surface area contributed by atoms with Crippen molar-refractivity contribution in [2.24, 2.45) is 5.92 Å². The Balaban J connectivity index is 1.72. The van der Waals surface area contributed by atoms with E-state index in [9.17, 15) is 18.0 Å². The predicted octanol–water partition coefficient (Wildman–Crippen LogP) is 6.25. The molecule has 0 bridgehead atoms. The van der Waals surface area contributed by atoms with Gasteiger partial charge in [0.25, 0.3) is 0 Å². The van der Waals surface area contributed by atoms with Gasteiger partial charge in [0.1, 0.15) is 28.3 Å². The molecule has 188 valence electrons. The summed E-state index contributed by atoms with van der Waals surface area (Å²) in [6, 6.07) is 18.8. The maximum absolute atomic E-state index is 14.0. The number of benzene rings is 3. The summed E-state index contributed by atoms with van der Waals surface area (Å²) in [5.41, 5.74) is 0.261. The van der Waals surface area contributed by atoms with Crippen molar-refractivity contribution in [2.75, 3.05) is 11.9 Å². The van der Waals surface area contributed by atoms with Crippen LogP contribution >= 0.6 is 0 Å². The molecule has 2 aliphatic rings. The largest absolute Gasteiger partial charge is 0.573 e. The lowest BCUT2D eigenvalue weighted by atomic mass is 9.58. The third-order valence-electron chi connectivity index (χ3n) is 7.00. The molecule has 1 N–H and O–H groups in total. The minimum atomic E-state index is -4.84. The van der Waals surface area contributed by atoms with Gasteiger partial charge in [-0.1, -0.05) is 42.5 Å². The van der Waals surface area contributed by atoms with E-state index in [4.69, 9.17) is 9.47 Å². The van der Waals surface area contributed by atoms with Crippen LogP contribution in [0.2, 0.25) is 0 Å². The molecule has 0 saturated heterocycles. The van der Waals surface area contributed by atoms with E-state index in [0.29, 0.717) is 34.9 Å². The Morgan fingerprint density at radius 3 is 2.47 bits per heavy atom. The molecule has 3 aromatic rings. The number of halogens is 3. The Bertz CT molecular complexity index is 1320. The van der Waals surface area contributed by atoms with Crippen molar-refractivity contribution in [1.29, 1.82) is 0 Å². The first-order chi connectivity index (χ1) is 17.1. The van der Waals surface area contributed by atoms with Gasteiger partial charge in [-0.05, 0) is 56.5 Å². The molecule has 2 atom stereocenters. The topological polar surface area (TPSA) is 56.8 Å². The Morgan fingerprint density at radius 1 is 1.00 bits per heavy atom. The molecular formula is C28H26F3NO4. The summed E-state index contributed by atoms with van der Waals surface area (Å²) in [7, 11) is 0. The fraction of sp³-hybridized carbons (Fsp3) is 0.321. The van der Waals surface area contributed by atoms with Crippen LogP contribution < -0.4 is 19.5 Å². The summed E-state index contributed by atoms with van der Waals surface area (Å²) in [5.74, 6) is 0.00653. The minimum absolute atomic E-state index is 0.105. The van der Waals surface area contributed by atoms with Gasteiger partial charge in [-0.15, -0.1) is 13.2 Å². The van der Waals surface area contributed by atoms with Gasteiger partial charge >= 0.3 is 6.36 Å². The zero-order valence-corrected chi connectivity index (χ0v) is 20.1. The second-order valence-corrected chi connectivity index (χ2v) is 9.52. The van der Waals surface area contributed by atoms with E-state index in [-0.39, 0.29) is 18.1 Å². The number of carbonyl (C=O) groups is 1. The van der Waals surface area contributed by atoms with Crippen LogP contribution in [-0.4, -0.2) is 24.5 Å². The van der Waals surface area contributed by atoms with Gasteiger partial charge in [0.05, 0.1) is 6.61 Å². The number of alkyl halides is 3. The zero-order valence-electron chi connectivity index (χ0n) is 20.1.